The smallest absolute Gasteiger partial charge is 0.330 e. The van der Waals surface area contributed by atoms with Gasteiger partial charge in [0.25, 0.3) is 0 Å². The molecule has 2 aromatic carbocycles. The van der Waals surface area contributed by atoms with E-state index >= 15 is 0 Å². The Hall–Kier alpha value is -1.82. The van der Waals surface area contributed by atoms with Gasteiger partial charge in [-0.3, -0.25) is 0 Å². The van der Waals surface area contributed by atoms with Crippen molar-refractivity contribution in [2.24, 2.45) is 0 Å². The second-order valence-corrected chi connectivity index (χ2v) is 7.32. The van der Waals surface area contributed by atoms with Crippen molar-refractivity contribution >= 4 is 34.6 Å². The maximum atomic E-state index is 11.6. The molecule has 0 fully saturated rings. The molecule has 0 atom stereocenters. The molecule has 1 aliphatic rings. The van der Waals surface area contributed by atoms with Crippen molar-refractivity contribution in [1.82, 2.24) is 0 Å². The molecule has 0 N–H and O–H groups in total. The van der Waals surface area contributed by atoms with Crippen LogP contribution in [0, 0.1) is 3.57 Å². The second kappa shape index (κ2) is 6.59. The second-order valence-electron chi connectivity index (χ2n) is 6.15. The zero-order valence-electron chi connectivity index (χ0n) is 13.9. The van der Waals surface area contributed by atoms with Crippen LogP contribution in [0.5, 0.6) is 11.5 Å². The van der Waals surface area contributed by atoms with Gasteiger partial charge in [-0.1, -0.05) is 44.2 Å². The summed E-state index contributed by atoms with van der Waals surface area (Å²) in [5, 5.41) is 0. The molecule has 0 spiro atoms. The first-order valence-corrected chi connectivity index (χ1v) is 8.98. The van der Waals surface area contributed by atoms with E-state index in [-0.39, 0.29) is 11.4 Å². The minimum absolute atomic E-state index is 0.169. The van der Waals surface area contributed by atoms with Crippen molar-refractivity contribution < 1.29 is 14.3 Å². The van der Waals surface area contributed by atoms with Gasteiger partial charge >= 0.3 is 5.97 Å². The van der Waals surface area contributed by atoms with Gasteiger partial charge < -0.3 is 9.47 Å². The fourth-order valence-electron chi connectivity index (χ4n) is 2.99. The van der Waals surface area contributed by atoms with E-state index in [1.54, 1.807) is 13.0 Å². The Kier molecular flexibility index (Phi) is 4.67. The number of hydrogen-bond donors (Lipinski definition) is 0. The van der Waals surface area contributed by atoms with Crippen LogP contribution in [0.1, 0.15) is 37.5 Å². The summed E-state index contributed by atoms with van der Waals surface area (Å²) in [7, 11) is 0. The van der Waals surface area contributed by atoms with E-state index in [2.05, 4.69) is 54.6 Å². The van der Waals surface area contributed by atoms with Crippen LogP contribution in [-0.4, -0.2) is 12.6 Å². The van der Waals surface area contributed by atoms with Crippen LogP contribution < -0.4 is 4.74 Å². The molecule has 4 heteroatoms. The highest BCUT2D eigenvalue weighted by atomic mass is 127. The lowest BCUT2D eigenvalue weighted by atomic mass is 9.75. The number of esters is 1. The van der Waals surface area contributed by atoms with Gasteiger partial charge in [-0.05, 0) is 41.7 Å². The Morgan fingerprint density at radius 1 is 1.17 bits per heavy atom. The molecule has 124 valence electrons. The molecule has 0 aliphatic carbocycles. The zero-order valence-corrected chi connectivity index (χ0v) is 16.1. The molecule has 0 bridgehead atoms. The molecular weight excluding hydrogens is 415 g/mol. The predicted molar refractivity (Wildman–Crippen MR) is 103 cm³/mol. The summed E-state index contributed by atoms with van der Waals surface area (Å²) in [6, 6.07) is 12.2. The first kappa shape index (κ1) is 17.0. The largest absolute Gasteiger partial charge is 0.463 e. The molecule has 0 radical (unpaired) electrons. The fourth-order valence-corrected chi connectivity index (χ4v) is 3.60. The molecular formula is C20H19IO3. The lowest BCUT2D eigenvalue weighted by molar-refractivity contribution is -0.137. The summed E-state index contributed by atoms with van der Waals surface area (Å²) >= 11 is 2.30. The third-order valence-electron chi connectivity index (χ3n) is 4.25. The highest BCUT2D eigenvalue weighted by Crippen LogP contribution is 2.50. The number of hydrogen-bond acceptors (Lipinski definition) is 3. The van der Waals surface area contributed by atoms with E-state index in [0.717, 1.165) is 26.2 Å². The zero-order chi connectivity index (χ0) is 17.3. The monoisotopic (exact) mass is 434 g/mol. The lowest BCUT2D eigenvalue weighted by Gasteiger charge is -2.35. The number of para-hydroxylation sites is 2. The third kappa shape index (κ3) is 2.95. The molecule has 24 heavy (non-hydrogen) atoms. The van der Waals surface area contributed by atoms with Crippen molar-refractivity contribution in [1.29, 1.82) is 0 Å². The molecule has 0 saturated carbocycles. The first-order valence-electron chi connectivity index (χ1n) is 7.90. The van der Waals surface area contributed by atoms with Gasteiger partial charge in [0.05, 0.1) is 10.2 Å². The molecule has 2 aromatic rings. The standard InChI is InChI=1S/C20H19IO3/c1-4-23-17(22)12-11-13-7-5-8-14-18(13)24-19-15(20(14,2)3)9-6-10-16(19)21/h5-12H,4H2,1-3H3/b12-11+. The number of rotatable bonds is 3. The number of ether oxygens (including phenoxy) is 2. The van der Waals surface area contributed by atoms with Gasteiger partial charge in [0.1, 0.15) is 11.5 Å². The van der Waals surface area contributed by atoms with Crippen molar-refractivity contribution in [2.45, 2.75) is 26.2 Å². The van der Waals surface area contributed by atoms with E-state index in [1.165, 1.54) is 11.6 Å². The normalized spacial score (nSPS) is 14.7. The van der Waals surface area contributed by atoms with E-state index in [1.807, 2.05) is 18.2 Å². The van der Waals surface area contributed by atoms with Gasteiger partial charge in [0.15, 0.2) is 0 Å². The molecule has 0 saturated heterocycles. The van der Waals surface area contributed by atoms with Gasteiger partial charge in [0.2, 0.25) is 0 Å². The quantitative estimate of drug-likeness (QED) is 0.374. The number of carbonyl (C=O) groups is 1. The van der Waals surface area contributed by atoms with Crippen LogP contribution >= 0.6 is 22.6 Å². The van der Waals surface area contributed by atoms with Crippen molar-refractivity contribution in [3.05, 3.63) is 62.7 Å². The molecule has 3 rings (SSSR count). The Morgan fingerprint density at radius 2 is 1.83 bits per heavy atom. The predicted octanol–water partition coefficient (Wildman–Crippen LogP) is 5.30. The summed E-state index contributed by atoms with van der Waals surface area (Å²) in [5.74, 6) is 1.35. The number of fused-ring (bicyclic) bond motifs is 2. The summed E-state index contributed by atoms with van der Waals surface area (Å²) in [6.07, 6.45) is 3.20. The Morgan fingerprint density at radius 3 is 2.54 bits per heavy atom. The van der Waals surface area contributed by atoms with Gasteiger partial charge in [-0.25, -0.2) is 4.79 Å². The number of carbonyl (C=O) groups excluding carboxylic acids is 1. The van der Waals surface area contributed by atoms with Crippen molar-refractivity contribution in [3.8, 4) is 11.5 Å². The molecule has 0 unspecified atom stereocenters. The van der Waals surface area contributed by atoms with E-state index < -0.39 is 0 Å². The van der Waals surface area contributed by atoms with E-state index in [4.69, 9.17) is 9.47 Å². The van der Waals surface area contributed by atoms with Crippen molar-refractivity contribution in [2.75, 3.05) is 6.61 Å². The highest BCUT2D eigenvalue weighted by molar-refractivity contribution is 14.1. The highest BCUT2D eigenvalue weighted by Gasteiger charge is 2.35. The van der Waals surface area contributed by atoms with Crippen LogP contribution in [0.4, 0.5) is 0 Å². The number of halogens is 1. The first-order chi connectivity index (χ1) is 11.4. The summed E-state index contributed by atoms with van der Waals surface area (Å²) in [4.78, 5) is 11.6. The minimum atomic E-state index is -0.347. The van der Waals surface area contributed by atoms with Crippen LogP contribution in [0.2, 0.25) is 0 Å². The van der Waals surface area contributed by atoms with Gasteiger partial charge in [0, 0.05) is 28.2 Å². The third-order valence-corrected chi connectivity index (χ3v) is 5.10. The Bertz CT molecular complexity index is 822. The van der Waals surface area contributed by atoms with E-state index in [9.17, 15) is 4.79 Å². The topological polar surface area (TPSA) is 35.5 Å². The molecule has 1 heterocycles. The fraction of sp³-hybridized carbons (Fsp3) is 0.250. The average molecular weight is 434 g/mol. The van der Waals surface area contributed by atoms with Crippen molar-refractivity contribution in [3.63, 3.8) is 0 Å². The summed E-state index contributed by atoms with van der Waals surface area (Å²) in [5.41, 5.74) is 2.99. The molecule has 0 amide bonds. The Balaban J connectivity index is 2.09. The number of benzene rings is 2. The molecule has 3 nitrogen and oxygen atoms in total. The maximum Gasteiger partial charge on any atom is 0.330 e. The summed E-state index contributed by atoms with van der Waals surface area (Å²) in [6.45, 7) is 6.55. The van der Waals surface area contributed by atoms with Crippen LogP contribution in [0.3, 0.4) is 0 Å². The Labute approximate surface area is 155 Å². The van der Waals surface area contributed by atoms with Crippen LogP contribution in [0.15, 0.2) is 42.5 Å². The maximum absolute atomic E-state index is 11.6. The average Bonchev–Trinajstić information content (AvgIpc) is 2.54. The minimum Gasteiger partial charge on any atom is -0.463 e. The SMILES string of the molecule is CCOC(=O)/C=C/c1cccc2c1Oc1c(I)cccc1C2(C)C. The summed E-state index contributed by atoms with van der Waals surface area (Å²) < 4.78 is 12.3. The van der Waals surface area contributed by atoms with Crippen LogP contribution in [-0.2, 0) is 14.9 Å². The lowest BCUT2D eigenvalue weighted by Crippen LogP contribution is -2.25. The van der Waals surface area contributed by atoms with Gasteiger partial charge in [-0.15, -0.1) is 0 Å². The van der Waals surface area contributed by atoms with E-state index in [0.29, 0.717) is 6.61 Å². The van der Waals surface area contributed by atoms with Gasteiger partial charge in [-0.2, -0.15) is 0 Å². The van der Waals surface area contributed by atoms with Crippen LogP contribution in [0.25, 0.3) is 6.08 Å². The molecule has 0 aromatic heterocycles. The molecule has 1 aliphatic heterocycles.